The van der Waals surface area contributed by atoms with Crippen LogP contribution in [0.2, 0.25) is 0 Å². The van der Waals surface area contributed by atoms with Crippen LogP contribution in [0.25, 0.3) is 10.8 Å². The number of hydrogen-bond acceptors (Lipinski definition) is 1. The number of benzene rings is 3. The van der Waals surface area contributed by atoms with Crippen LogP contribution >= 0.6 is 0 Å². The number of carbonyl (C=O) groups excluding carboxylic acids is 1. The van der Waals surface area contributed by atoms with Gasteiger partial charge < -0.3 is 10.6 Å². The lowest BCUT2D eigenvalue weighted by molar-refractivity contribution is -0.682. The first kappa shape index (κ1) is 18.2. The minimum Gasteiger partial charge on any atom is -0.332 e. The van der Waals surface area contributed by atoms with E-state index < -0.39 is 0 Å². The summed E-state index contributed by atoms with van der Waals surface area (Å²) >= 11 is 0. The number of amides is 1. The quantitative estimate of drug-likeness (QED) is 0.719. The Morgan fingerprint density at radius 1 is 1.00 bits per heavy atom. The third kappa shape index (κ3) is 3.94. The van der Waals surface area contributed by atoms with E-state index in [1.807, 2.05) is 13.8 Å². The number of fused-ring (bicyclic) bond motifs is 1. The monoisotopic (exact) mass is 347 g/mol. The van der Waals surface area contributed by atoms with Gasteiger partial charge in [0.25, 0.3) is 5.91 Å². The first-order valence-corrected chi connectivity index (χ1v) is 9.14. The van der Waals surface area contributed by atoms with Crippen LogP contribution < -0.4 is 10.6 Å². The fourth-order valence-electron chi connectivity index (χ4n) is 3.63. The average molecular weight is 347 g/mol. The van der Waals surface area contributed by atoms with Crippen LogP contribution in [0.5, 0.6) is 0 Å². The molecule has 3 aromatic rings. The van der Waals surface area contributed by atoms with Gasteiger partial charge in [-0.25, -0.2) is 0 Å². The van der Waals surface area contributed by atoms with Crippen LogP contribution in [-0.4, -0.2) is 12.5 Å². The zero-order valence-corrected chi connectivity index (χ0v) is 16.0. The van der Waals surface area contributed by atoms with E-state index >= 15 is 0 Å². The summed E-state index contributed by atoms with van der Waals surface area (Å²) in [5, 5.41) is 7.66. The molecule has 3 rings (SSSR count). The minimum atomic E-state index is 0.0344. The summed E-state index contributed by atoms with van der Waals surface area (Å²) in [7, 11) is 0. The Kier molecular flexibility index (Phi) is 5.38. The van der Waals surface area contributed by atoms with Crippen LogP contribution in [0, 0.1) is 20.8 Å². The summed E-state index contributed by atoms with van der Waals surface area (Å²) in [5.74, 6) is 0.0344. The van der Waals surface area contributed by atoms with Crippen LogP contribution in [0.1, 0.15) is 35.2 Å². The molecular formula is C23H27N2O+. The molecule has 3 N–H and O–H groups in total. The van der Waals surface area contributed by atoms with Gasteiger partial charge in [-0.2, -0.15) is 0 Å². The highest BCUT2D eigenvalue weighted by Gasteiger charge is 2.15. The molecular weight excluding hydrogens is 320 g/mol. The highest BCUT2D eigenvalue weighted by molar-refractivity contribution is 5.93. The van der Waals surface area contributed by atoms with E-state index in [2.05, 4.69) is 79.1 Å². The van der Waals surface area contributed by atoms with Gasteiger partial charge in [-0.05, 0) is 49.6 Å². The van der Waals surface area contributed by atoms with Crippen molar-refractivity contribution in [3.8, 4) is 0 Å². The molecule has 0 aromatic heterocycles. The summed E-state index contributed by atoms with van der Waals surface area (Å²) in [5.41, 5.74) is 5.63. The molecule has 1 amide bonds. The number of nitrogens with two attached hydrogens (primary N) is 1. The highest BCUT2D eigenvalue weighted by Crippen LogP contribution is 2.23. The van der Waals surface area contributed by atoms with Gasteiger partial charge in [0.15, 0.2) is 6.54 Å². The average Bonchev–Trinajstić information content (AvgIpc) is 2.62. The van der Waals surface area contributed by atoms with Gasteiger partial charge >= 0.3 is 0 Å². The summed E-state index contributed by atoms with van der Waals surface area (Å²) in [4.78, 5) is 12.5. The van der Waals surface area contributed by atoms with Gasteiger partial charge in [0.1, 0.15) is 6.04 Å². The number of nitrogens with one attached hydrogen (secondary N) is 1. The summed E-state index contributed by atoms with van der Waals surface area (Å²) in [6.45, 7) is 8.70. The molecule has 0 aliphatic heterocycles. The Hall–Kier alpha value is -2.65. The maximum Gasteiger partial charge on any atom is 0.279 e. The largest absolute Gasteiger partial charge is 0.332 e. The van der Waals surface area contributed by atoms with Crippen LogP contribution in [0.15, 0.2) is 54.6 Å². The second-order valence-electron chi connectivity index (χ2n) is 7.12. The molecule has 3 aromatic carbocycles. The number of hydrogen-bond donors (Lipinski definition) is 2. The Balaban J connectivity index is 1.68. The molecule has 0 spiro atoms. The fraction of sp³-hybridized carbons (Fsp3) is 0.261. The van der Waals surface area contributed by atoms with E-state index in [1.165, 1.54) is 21.9 Å². The van der Waals surface area contributed by atoms with Crippen molar-refractivity contribution < 1.29 is 10.1 Å². The smallest absolute Gasteiger partial charge is 0.279 e. The normalized spacial score (nSPS) is 12.2. The van der Waals surface area contributed by atoms with Crippen molar-refractivity contribution in [2.24, 2.45) is 0 Å². The lowest BCUT2D eigenvalue weighted by Gasteiger charge is -2.15. The molecule has 3 nitrogen and oxygen atoms in total. The lowest BCUT2D eigenvalue weighted by atomic mass is 10.00. The predicted octanol–water partition coefficient (Wildman–Crippen LogP) is 4.03. The second kappa shape index (κ2) is 7.71. The number of rotatable bonds is 5. The molecule has 3 heteroatoms. The Morgan fingerprint density at radius 3 is 2.38 bits per heavy atom. The van der Waals surface area contributed by atoms with Crippen LogP contribution in [-0.2, 0) is 4.79 Å². The van der Waals surface area contributed by atoms with Crippen LogP contribution in [0.3, 0.4) is 0 Å². The van der Waals surface area contributed by atoms with E-state index in [1.54, 1.807) is 0 Å². The van der Waals surface area contributed by atoms with Crippen molar-refractivity contribution in [2.45, 2.75) is 33.7 Å². The molecule has 134 valence electrons. The van der Waals surface area contributed by atoms with E-state index in [0.29, 0.717) is 6.54 Å². The van der Waals surface area contributed by atoms with E-state index in [4.69, 9.17) is 0 Å². The third-order valence-corrected chi connectivity index (χ3v) is 4.91. The first-order valence-electron chi connectivity index (χ1n) is 9.14. The van der Waals surface area contributed by atoms with Crippen molar-refractivity contribution in [3.63, 3.8) is 0 Å². The topological polar surface area (TPSA) is 45.7 Å². The van der Waals surface area contributed by atoms with E-state index in [-0.39, 0.29) is 11.9 Å². The van der Waals surface area contributed by atoms with Gasteiger partial charge in [0.2, 0.25) is 0 Å². The lowest BCUT2D eigenvalue weighted by Crippen LogP contribution is -2.86. The van der Waals surface area contributed by atoms with E-state index in [9.17, 15) is 4.79 Å². The maximum atomic E-state index is 12.5. The van der Waals surface area contributed by atoms with Gasteiger partial charge in [-0.15, -0.1) is 0 Å². The van der Waals surface area contributed by atoms with Crippen molar-refractivity contribution in [1.82, 2.24) is 0 Å². The van der Waals surface area contributed by atoms with Crippen LogP contribution in [0.4, 0.5) is 5.69 Å². The van der Waals surface area contributed by atoms with Crippen molar-refractivity contribution in [2.75, 3.05) is 11.9 Å². The molecule has 0 radical (unpaired) electrons. The molecule has 0 saturated heterocycles. The Labute approximate surface area is 155 Å². The molecule has 0 aliphatic carbocycles. The first-order chi connectivity index (χ1) is 12.5. The molecule has 0 bridgehead atoms. The second-order valence-corrected chi connectivity index (χ2v) is 7.12. The summed E-state index contributed by atoms with van der Waals surface area (Å²) in [6.07, 6.45) is 0. The van der Waals surface area contributed by atoms with Gasteiger partial charge in [0, 0.05) is 11.3 Å². The number of carbonyl (C=O) groups is 1. The van der Waals surface area contributed by atoms with E-state index in [0.717, 1.165) is 16.8 Å². The molecule has 0 heterocycles. The molecule has 0 aliphatic rings. The molecule has 0 unspecified atom stereocenters. The summed E-state index contributed by atoms with van der Waals surface area (Å²) in [6, 6.07) is 19.2. The summed E-state index contributed by atoms with van der Waals surface area (Å²) < 4.78 is 0. The van der Waals surface area contributed by atoms with Crippen molar-refractivity contribution in [1.29, 1.82) is 0 Å². The van der Waals surface area contributed by atoms with Gasteiger partial charge in [0.05, 0.1) is 0 Å². The standard InChI is InChI=1S/C23H26N2O/c1-15-12-16(2)23(17(3)13-15)25-22(26)14-24-18(4)20-11-7-9-19-8-5-6-10-21(19)20/h5-13,18,24H,14H2,1-4H3,(H,25,26)/p+1/t18-/m1/s1. The zero-order valence-electron chi connectivity index (χ0n) is 16.0. The Bertz CT molecular complexity index is 918. The van der Waals surface area contributed by atoms with Crippen molar-refractivity contribution >= 4 is 22.4 Å². The highest BCUT2D eigenvalue weighted by atomic mass is 16.1. The number of quaternary nitrogens is 1. The maximum absolute atomic E-state index is 12.5. The number of anilines is 1. The molecule has 26 heavy (non-hydrogen) atoms. The number of aryl methyl sites for hydroxylation is 3. The van der Waals surface area contributed by atoms with Gasteiger partial charge in [-0.1, -0.05) is 60.2 Å². The predicted molar refractivity (Wildman–Crippen MR) is 108 cm³/mol. The zero-order chi connectivity index (χ0) is 18.7. The van der Waals surface area contributed by atoms with Crippen molar-refractivity contribution in [3.05, 3.63) is 76.9 Å². The Morgan fingerprint density at radius 2 is 1.65 bits per heavy atom. The fourth-order valence-corrected chi connectivity index (χ4v) is 3.63. The third-order valence-electron chi connectivity index (χ3n) is 4.91. The van der Waals surface area contributed by atoms with Gasteiger partial charge in [-0.3, -0.25) is 4.79 Å². The minimum absolute atomic E-state index is 0.0344. The molecule has 0 fully saturated rings. The molecule has 1 atom stereocenters. The SMILES string of the molecule is Cc1cc(C)c(NC(=O)C[NH2+][C@H](C)c2cccc3ccccc23)c(C)c1. The molecule has 0 saturated carbocycles.